The van der Waals surface area contributed by atoms with Crippen LogP contribution >= 0.6 is 0 Å². The van der Waals surface area contributed by atoms with E-state index in [-0.39, 0.29) is 13.2 Å². The molecule has 2 heterocycles. The molecular formula is C22H26N4O6. The van der Waals surface area contributed by atoms with Crippen molar-refractivity contribution in [3.63, 3.8) is 0 Å². The number of hydrogen-bond acceptors (Lipinski definition) is 6. The van der Waals surface area contributed by atoms with E-state index in [9.17, 15) is 19.2 Å². The van der Waals surface area contributed by atoms with Gasteiger partial charge in [0.1, 0.15) is 0 Å². The molecule has 0 saturated heterocycles. The first kappa shape index (κ1) is 22.9. The maximum absolute atomic E-state index is 12.5. The molecule has 0 fully saturated rings. The minimum absolute atomic E-state index is 0.201. The van der Waals surface area contributed by atoms with Crippen molar-refractivity contribution in [2.24, 2.45) is 0 Å². The van der Waals surface area contributed by atoms with Gasteiger partial charge in [0, 0.05) is 11.4 Å². The summed E-state index contributed by atoms with van der Waals surface area (Å²) in [5.74, 6) is -1.05. The first-order chi connectivity index (χ1) is 15.3. The molecule has 170 valence electrons. The zero-order chi connectivity index (χ0) is 23.4. The Balaban J connectivity index is 1.95. The van der Waals surface area contributed by atoms with Gasteiger partial charge in [0.05, 0.1) is 36.4 Å². The molecule has 0 spiro atoms. The fraction of sp³-hybridized carbons (Fsp3) is 0.364. The summed E-state index contributed by atoms with van der Waals surface area (Å²) in [6.45, 7) is 7.08. The SMILES string of the molecule is CCOC(=O)C1=C(C)NC(=O)NC1c1ccc(C2NC(=O)NC(C)=C2C(=O)OCC)cc1. The highest BCUT2D eigenvalue weighted by Gasteiger charge is 2.34. The standard InChI is InChI=1S/C22H26N4O6/c1-5-31-19(27)15-11(3)23-21(29)25-17(15)13-7-9-14(10-8-13)18-16(20(28)32-6-2)12(4)24-22(30)26-18/h7-10,17-18H,5-6H2,1-4H3,(H2,23,25,29)(H2,24,26,30). The minimum Gasteiger partial charge on any atom is -0.463 e. The van der Waals surface area contributed by atoms with Crippen LogP contribution in [-0.4, -0.2) is 37.2 Å². The summed E-state index contributed by atoms with van der Waals surface area (Å²) >= 11 is 0. The number of benzene rings is 1. The number of nitrogens with one attached hydrogen (secondary N) is 4. The highest BCUT2D eigenvalue weighted by atomic mass is 16.5. The molecule has 4 amide bonds. The van der Waals surface area contributed by atoms with E-state index in [4.69, 9.17) is 9.47 Å². The molecule has 10 heteroatoms. The minimum atomic E-state index is -0.707. The lowest BCUT2D eigenvalue weighted by atomic mass is 9.91. The van der Waals surface area contributed by atoms with Gasteiger partial charge in [-0.25, -0.2) is 19.2 Å². The number of amides is 4. The van der Waals surface area contributed by atoms with E-state index in [2.05, 4.69) is 21.3 Å². The highest BCUT2D eigenvalue weighted by Crippen LogP contribution is 2.31. The van der Waals surface area contributed by atoms with Gasteiger partial charge in [-0.3, -0.25) is 0 Å². The Morgan fingerprint density at radius 2 is 1.09 bits per heavy atom. The van der Waals surface area contributed by atoms with Gasteiger partial charge in [-0.1, -0.05) is 24.3 Å². The van der Waals surface area contributed by atoms with E-state index in [1.165, 1.54) is 0 Å². The number of ether oxygens (including phenoxy) is 2. The molecule has 10 nitrogen and oxygen atoms in total. The molecule has 0 aromatic heterocycles. The molecule has 0 saturated carbocycles. The Labute approximate surface area is 185 Å². The molecule has 1 aromatic carbocycles. The van der Waals surface area contributed by atoms with Crippen molar-refractivity contribution in [3.05, 3.63) is 57.9 Å². The van der Waals surface area contributed by atoms with Gasteiger partial charge in [0.25, 0.3) is 0 Å². The predicted molar refractivity (Wildman–Crippen MR) is 114 cm³/mol. The molecule has 32 heavy (non-hydrogen) atoms. The number of urea groups is 2. The summed E-state index contributed by atoms with van der Waals surface area (Å²) in [7, 11) is 0. The largest absolute Gasteiger partial charge is 0.463 e. The van der Waals surface area contributed by atoms with E-state index < -0.39 is 36.1 Å². The Morgan fingerprint density at radius 3 is 1.41 bits per heavy atom. The van der Waals surface area contributed by atoms with Crippen molar-refractivity contribution in [1.29, 1.82) is 0 Å². The fourth-order valence-corrected chi connectivity index (χ4v) is 3.73. The fourth-order valence-electron chi connectivity index (χ4n) is 3.73. The van der Waals surface area contributed by atoms with E-state index in [0.29, 0.717) is 33.7 Å². The van der Waals surface area contributed by atoms with Gasteiger partial charge in [-0.05, 0) is 38.8 Å². The molecule has 0 bridgehead atoms. The van der Waals surface area contributed by atoms with E-state index >= 15 is 0 Å². The zero-order valence-electron chi connectivity index (χ0n) is 18.3. The lowest BCUT2D eigenvalue weighted by Crippen LogP contribution is -2.45. The number of carbonyl (C=O) groups is 4. The summed E-state index contributed by atoms with van der Waals surface area (Å²) in [6, 6.07) is 4.63. The second-order valence-corrected chi connectivity index (χ2v) is 7.25. The van der Waals surface area contributed by atoms with Crippen molar-refractivity contribution in [2.75, 3.05) is 13.2 Å². The molecule has 3 rings (SSSR count). The van der Waals surface area contributed by atoms with Crippen molar-refractivity contribution >= 4 is 24.0 Å². The van der Waals surface area contributed by atoms with Crippen LogP contribution in [0.3, 0.4) is 0 Å². The zero-order valence-corrected chi connectivity index (χ0v) is 18.3. The van der Waals surface area contributed by atoms with Crippen LogP contribution in [-0.2, 0) is 19.1 Å². The third kappa shape index (κ3) is 4.58. The van der Waals surface area contributed by atoms with Gasteiger partial charge in [-0.2, -0.15) is 0 Å². The van der Waals surface area contributed by atoms with Crippen molar-refractivity contribution in [3.8, 4) is 0 Å². The average Bonchev–Trinajstić information content (AvgIpc) is 2.73. The molecule has 0 radical (unpaired) electrons. The average molecular weight is 442 g/mol. The molecule has 2 atom stereocenters. The van der Waals surface area contributed by atoms with Crippen LogP contribution in [0.4, 0.5) is 9.59 Å². The van der Waals surface area contributed by atoms with Crippen LogP contribution in [0.2, 0.25) is 0 Å². The number of rotatable bonds is 6. The van der Waals surface area contributed by atoms with Gasteiger partial charge in [-0.15, -0.1) is 0 Å². The van der Waals surface area contributed by atoms with Crippen LogP contribution in [0.5, 0.6) is 0 Å². The summed E-state index contributed by atoms with van der Waals surface area (Å²) in [5, 5.41) is 10.7. The lowest BCUT2D eigenvalue weighted by Gasteiger charge is -2.30. The smallest absolute Gasteiger partial charge is 0.338 e. The highest BCUT2D eigenvalue weighted by molar-refractivity contribution is 5.96. The first-order valence-corrected chi connectivity index (χ1v) is 10.3. The van der Waals surface area contributed by atoms with Crippen molar-refractivity contribution in [2.45, 2.75) is 39.8 Å². The quantitative estimate of drug-likeness (QED) is 0.498. The Bertz CT molecular complexity index is 931. The molecular weight excluding hydrogens is 416 g/mol. The molecule has 2 aliphatic rings. The number of allylic oxidation sites excluding steroid dienone is 2. The van der Waals surface area contributed by atoms with Gasteiger partial charge in [0.2, 0.25) is 0 Å². The van der Waals surface area contributed by atoms with E-state index in [1.807, 2.05) is 0 Å². The molecule has 1 aromatic rings. The number of carbonyl (C=O) groups excluding carboxylic acids is 4. The monoisotopic (exact) mass is 442 g/mol. The Kier molecular flexibility index (Phi) is 6.82. The maximum Gasteiger partial charge on any atom is 0.338 e. The van der Waals surface area contributed by atoms with Crippen LogP contribution in [0.15, 0.2) is 46.8 Å². The van der Waals surface area contributed by atoms with Crippen molar-refractivity contribution in [1.82, 2.24) is 21.3 Å². The van der Waals surface area contributed by atoms with Gasteiger partial charge >= 0.3 is 24.0 Å². The number of esters is 2. The van der Waals surface area contributed by atoms with Crippen LogP contribution < -0.4 is 21.3 Å². The Hall–Kier alpha value is -3.82. The van der Waals surface area contributed by atoms with Crippen LogP contribution in [0.25, 0.3) is 0 Å². The summed E-state index contributed by atoms with van der Waals surface area (Å²) in [4.78, 5) is 49.0. The van der Waals surface area contributed by atoms with E-state index in [1.54, 1.807) is 52.0 Å². The molecule has 2 unspecified atom stereocenters. The molecule has 4 N–H and O–H groups in total. The molecule has 0 aliphatic carbocycles. The van der Waals surface area contributed by atoms with Crippen LogP contribution in [0, 0.1) is 0 Å². The van der Waals surface area contributed by atoms with E-state index in [0.717, 1.165) is 0 Å². The normalized spacial score (nSPS) is 20.6. The second kappa shape index (κ2) is 9.54. The van der Waals surface area contributed by atoms with Gasteiger partial charge in [0.15, 0.2) is 0 Å². The summed E-state index contributed by atoms with van der Waals surface area (Å²) in [6.07, 6.45) is 0. The van der Waals surface area contributed by atoms with Crippen molar-refractivity contribution < 1.29 is 28.7 Å². The predicted octanol–water partition coefficient (Wildman–Crippen LogP) is 2.07. The third-order valence-electron chi connectivity index (χ3n) is 5.13. The maximum atomic E-state index is 12.5. The first-order valence-electron chi connectivity index (χ1n) is 10.3. The third-order valence-corrected chi connectivity index (χ3v) is 5.13. The van der Waals surface area contributed by atoms with Gasteiger partial charge < -0.3 is 30.7 Å². The number of hydrogen-bond donors (Lipinski definition) is 4. The Morgan fingerprint density at radius 1 is 0.750 bits per heavy atom. The lowest BCUT2D eigenvalue weighted by molar-refractivity contribution is -0.140. The summed E-state index contributed by atoms with van der Waals surface area (Å²) in [5.41, 5.74) is 2.72. The summed E-state index contributed by atoms with van der Waals surface area (Å²) < 4.78 is 10.3. The van der Waals surface area contributed by atoms with Crippen LogP contribution in [0.1, 0.15) is 50.9 Å². The second-order valence-electron chi connectivity index (χ2n) is 7.25. The topological polar surface area (TPSA) is 135 Å². The molecule has 2 aliphatic heterocycles.